The molecule has 0 saturated heterocycles. The van der Waals surface area contributed by atoms with Gasteiger partial charge in [-0.2, -0.15) is 0 Å². The third kappa shape index (κ3) is 8.69. The molecule has 9 nitrogen and oxygen atoms in total. The van der Waals surface area contributed by atoms with Crippen molar-refractivity contribution in [3.8, 4) is 0 Å². The average Bonchev–Trinajstić information content (AvgIpc) is 3.10. The maximum Gasteiger partial charge on any atom is 0.350 e. The van der Waals surface area contributed by atoms with Crippen LogP contribution >= 0.6 is 35.3 Å². The summed E-state index contributed by atoms with van der Waals surface area (Å²) in [7, 11) is 0. The molecule has 3 N–H and O–H groups in total. The molecule has 176 valence electrons. The van der Waals surface area contributed by atoms with E-state index in [9.17, 15) is 9.59 Å². The van der Waals surface area contributed by atoms with E-state index in [2.05, 4.69) is 30.9 Å². The first-order valence-corrected chi connectivity index (χ1v) is 11.1. The number of hydrogen-bond acceptors (Lipinski definition) is 7. The number of carbonyl (C=O) groups excluding carboxylic acids is 2. The van der Waals surface area contributed by atoms with Crippen LogP contribution < -0.4 is 16.0 Å². The monoisotopic (exact) mass is 574 g/mol. The number of ether oxygens (including phenoxy) is 1. The number of amides is 1. The van der Waals surface area contributed by atoms with Gasteiger partial charge in [0.2, 0.25) is 5.91 Å². The first-order valence-electron chi connectivity index (χ1n) is 10.3. The van der Waals surface area contributed by atoms with E-state index >= 15 is 0 Å². The van der Waals surface area contributed by atoms with Crippen LogP contribution in [0.3, 0.4) is 0 Å². The number of hydrogen-bond donors (Lipinski definition) is 3. The summed E-state index contributed by atoms with van der Waals surface area (Å²) < 4.78 is 5.08. The molecule has 2 rings (SSSR count). The van der Waals surface area contributed by atoms with Crippen LogP contribution in [-0.4, -0.2) is 47.5 Å². The quantitative estimate of drug-likeness (QED) is 0.181. The van der Waals surface area contributed by atoms with Crippen molar-refractivity contribution in [3.05, 3.63) is 39.5 Å². The van der Waals surface area contributed by atoms with Gasteiger partial charge in [0.1, 0.15) is 15.7 Å². The molecule has 1 atom stereocenters. The fourth-order valence-corrected chi connectivity index (χ4v) is 3.63. The lowest BCUT2D eigenvalue weighted by atomic mass is 10.3. The number of pyridine rings is 1. The number of rotatable bonds is 9. The zero-order chi connectivity index (χ0) is 22.8. The van der Waals surface area contributed by atoms with Crippen LogP contribution in [0.25, 0.3) is 0 Å². The van der Waals surface area contributed by atoms with Crippen molar-refractivity contribution in [1.29, 1.82) is 0 Å². The van der Waals surface area contributed by atoms with E-state index < -0.39 is 0 Å². The second kappa shape index (κ2) is 14.0. The second-order valence-corrected chi connectivity index (χ2v) is 7.81. The van der Waals surface area contributed by atoms with Crippen molar-refractivity contribution in [2.75, 3.05) is 25.0 Å². The Hall–Kier alpha value is -2.28. The van der Waals surface area contributed by atoms with Gasteiger partial charge in [-0.25, -0.2) is 14.8 Å². The Morgan fingerprint density at radius 3 is 2.62 bits per heavy atom. The Labute approximate surface area is 209 Å². The van der Waals surface area contributed by atoms with E-state index in [0.29, 0.717) is 42.0 Å². The molecule has 0 bridgehead atoms. The van der Waals surface area contributed by atoms with Gasteiger partial charge in [0, 0.05) is 18.7 Å². The van der Waals surface area contributed by atoms with Crippen LogP contribution in [0.2, 0.25) is 0 Å². The number of anilines is 1. The number of halogens is 1. The zero-order valence-electron chi connectivity index (χ0n) is 19.0. The van der Waals surface area contributed by atoms with Gasteiger partial charge < -0.3 is 20.7 Å². The predicted molar refractivity (Wildman–Crippen MR) is 138 cm³/mol. The summed E-state index contributed by atoms with van der Waals surface area (Å²) in [4.78, 5) is 37.9. The van der Waals surface area contributed by atoms with Crippen LogP contribution in [0.4, 0.5) is 5.82 Å². The summed E-state index contributed by atoms with van der Waals surface area (Å²) in [5, 5.41) is 9.96. The highest BCUT2D eigenvalue weighted by atomic mass is 127. The minimum atomic E-state index is -0.356. The lowest BCUT2D eigenvalue weighted by Crippen LogP contribution is -2.39. The Balaban J connectivity index is 0.00000512. The van der Waals surface area contributed by atoms with Crippen molar-refractivity contribution >= 4 is 59.0 Å². The number of nitrogens with one attached hydrogen (secondary N) is 3. The average molecular weight is 574 g/mol. The lowest BCUT2D eigenvalue weighted by molar-refractivity contribution is -0.116. The maximum absolute atomic E-state index is 12.2. The number of thiazole rings is 1. The first kappa shape index (κ1) is 27.8. The van der Waals surface area contributed by atoms with Crippen LogP contribution in [0.5, 0.6) is 0 Å². The first-order chi connectivity index (χ1) is 14.8. The van der Waals surface area contributed by atoms with Crippen molar-refractivity contribution in [3.63, 3.8) is 0 Å². The van der Waals surface area contributed by atoms with Gasteiger partial charge in [-0.15, -0.1) is 35.3 Å². The highest BCUT2D eigenvalue weighted by Crippen LogP contribution is 2.24. The van der Waals surface area contributed by atoms with Crippen molar-refractivity contribution in [2.45, 2.75) is 47.1 Å². The topological polar surface area (TPSA) is 118 Å². The SMILES string of the molecule is CCNC(=NCCC(=O)Nc1cccc(C)n1)NC(C)c1nc(C)c(C(=O)OCC)s1.I. The molecule has 0 aliphatic heterocycles. The third-order valence-electron chi connectivity index (χ3n) is 4.11. The summed E-state index contributed by atoms with van der Waals surface area (Å²) in [6.07, 6.45) is 0.226. The van der Waals surface area contributed by atoms with Gasteiger partial charge in [-0.05, 0) is 46.8 Å². The largest absolute Gasteiger partial charge is 0.462 e. The van der Waals surface area contributed by atoms with Crippen LogP contribution in [0.1, 0.15) is 59.3 Å². The molecule has 0 aliphatic carbocycles. The molecule has 2 aromatic heterocycles. The third-order valence-corrected chi connectivity index (χ3v) is 5.43. The van der Waals surface area contributed by atoms with Crippen LogP contribution in [0, 0.1) is 13.8 Å². The smallest absolute Gasteiger partial charge is 0.350 e. The van der Waals surface area contributed by atoms with E-state index in [4.69, 9.17) is 4.74 Å². The summed E-state index contributed by atoms with van der Waals surface area (Å²) in [5.74, 6) is 0.595. The Morgan fingerprint density at radius 2 is 1.97 bits per heavy atom. The zero-order valence-corrected chi connectivity index (χ0v) is 22.2. The van der Waals surface area contributed by atoms with E-state index in [0.717, 1.165) is 10.7 Å². The molecule has 0 radical (unpaired) electrons. The summed E-state index contributed by atoms with van der Waals surface area (Å²) in [5.41, 5.74) is 1.49. The number of aryl methyl sites for hydroxylation is 2. The summed E-state index contributed by atoms with van der Waals surface area (Å²) >= 11 is 1.30. The second-order valence-electron chi connectivity index (χ2n) is 6.78. The minimum Gasteiger partial charge on any atom is -0.462 e. The maximum atomic E-state index is 12.2. The van der Waals surface area contributed by atoms with Crippen molar-refractivity contribution in [1.82, 2.24) is 20.6 Å². The molecular weight excluding hydrogens is 543 g/mol. The number of nitrogens with zero attached hydrogens (tertiary/aromatic N) is 3. The normalized spacial score (nSPS) is 11.8. The lowest BCUT2D eigenvalue weighted by Gasteiger charge is -2.16. The molecule has 1 unspecified atom stereocenters. The molecule has 0 aliphatic rings. The highest BCUT2D eigenvalue weighted by molar-refractivity contribution is 14.0. The number of carbonyl (C=O) groups is 2. The van der Waals surface area contributed by atoms with Gasteiger partial charge in [0.15, 0.2) is 5.96 Å². The minimum absolute atomic E-state index is 0. The van der Waals surface area contributed by atoms with E-state index in [1.54, 1.807) is 19.9 Å². The molecule has 0 fully saturated rings. The van der Waals surface area contributed by atoms with Crippen LogP contribution in [-0.2, 0) is 9.53 Å². The van der Waals surface area contributed by atoms with E-state index in [1.165, 1.54) is 11.3 Å². The predicted octanol–water partition coefficient (Wildman–Crippen LogP) is 3.59. The number of aromatic nitrogens is 2. The van der Waals surface area contributed by atoms with E-state index in [-0.39, 0.29) is 48.3 Å². The molecule has 11 heteroatoms. The van der Waals surface area contributed by atoms with Crippen molar-refractivity contribution < 1.29 is 14.3 Å². The van der Waals surface area contributed by atoms with Gasteiger partial charge in [-0.1, -0.05) is 6.07 Å². The van der Waals surface area contributed by atoms with Gasteiger partial charge in [-0.3, -0.25) is 9.79 Å². The van der Waals surface area contributed by atoms with Gasteiger partial charge in [0.05, 0.1) is 24.9 Å². The highest BCUT2D eigenvalue weighted by Gasteiger charge is 2.20. The fourth-order valence-electron chi connectivity index (χ4n) is 2.66. The number of guanidine groups is 1. The molecule has 0 spiro atoms. The number of esters is 1. The Kier molecular flexibility index (Phi) is 12.1. The molecule has 2 aromatic rings. The molecule has 0 saturated carbocycles. The summed E-state index contributed by atoms with van der Waals surface area (Å²) in [6, 6.07) is 5.30. The molecule has 2 heterocycles. The molecule has 32 heavy (non-hydrogen) atoms. The summed E-state index contributed by atoms with van der Waals surface area (Å²) in [6.45, 7) is 10.6. The number of aliphatic imine (C=N–C) groups is 1. The van der Waals surface area contributed by atoms with Crippen LogP contribution in [0.15, 0.2) is 23.2 Å². The molecule has 0 aromatic carbocycles. The standard InChI is InChI=1S/C21H30N6O3S.HI/c1-6-22-21(23-12-11-17(28)27-16-10-8-9-13(3)24-16)26-15(5)19-25-14(4)18(31-19)20(29)30-7-2;/h8-10,15H,6-7,11-12H2,1-5H3,(H2,22,23,26)(H,24,27,28);1H. The van der Waals surface area contributed by atoms with Gasteiger partial charge in [0.25, 0.3) is 0 Å². The fraction of sp³-hybridized carbons (Fsp3) is 0.476. The Bertz CT molecular complexity index is 934. The van der Waals surface area contributed by atoms with Crippen molar-refractivity contribution in [2.24, 2.45) is 4.99 Å². The van der Waals surface area contributed by atoms with E-state index in [1.807, 2.05) is 32.9 Å². The molecular formula is C21H31IN6O3S. The Morgan fingerprint density at radius 1 is 1.22 bits per heavy atom. The van der Waals surface area contributed by atoms with Gasteiger partial charge >= 0.3 is 5.97 Å². The molecule has 1 amide bonds.